The van der Waals surface area contributed by atoms with Crippen molar-refractivity contribution in [1.29, 1.82) is 0 Å². The molecule has 1 unspecified atom stereocenters. The highest BCUT2D eigenvalue weighted by Crippen LogP contribution is 2.62. The number of aromatic hydroxyl groups is 1. The van der Waals surface area contributed by atoms with Gasteiger partial charge in [-0.25, -0.2) is 0 Å². The van der Waals surface area contributed by atoms with E-state index in [9.17, 15) is 10.2 Å². The molecule has 20 heavy (non-hydrogen) atoms. The maximum atomic E-state index is 10.4. The van der Waals surface area contributed by atoms with Gasteiger partial charge in [-0.1, -0.05) is 18.2 Å². The van der Waals surface area contributed by atoms with Gasteiger partial charge < -0.3 is 19.8 Å². The molecule has 0 radical (unpaired) electrons. The quantitative estimate of drug-likeness (QED) is 0.686. The second-order valence-corrected chi connectivity index (χ2v) is 6.61. The zero-order valence-corrected chi connectivity index (χ0v) is 11.3. The predicted octanol–water partition coefficient (Wildman–Crippen LogP) is 0.808. The van der Waals surface area contributed by atoms with Gasteiger partial charge in [0, 0.05) is 24.1 Å². The lowest BCUT2D eigenvalue weighted by Gasteiger charge is -2.43. The van der Waals surface area contributed by atoms with Gasteiger partial charge in [0.15, 0.2) is 11.5 Å². The van der Waals surface area contributed by atoms with Gasteiger partial charge in [-0.15, -0.1) is 0 Å². The van der Waals surface area contributed by atoms with E-state index in [4.69, 9.17) is 4.74 Å². The van der Waals surface area contributed by atoms with Crippen LogP contribution in [0.2, 0.25) is 0 Å². The standard InChI is InChI=1S/C16H17NO3/c1-17-7-16-9-3-5-12(19)15(16)20-14-11(18)4-2-8(13(14)16)6-10(9)17/h2-5,9-10,12,15,18-19H,6-7H2,1H3/t9-,10+,12-,15?,16-/m0/s1. The first-order valence-corrected chi connectivity index (χ1v) is 7.21. The van der Waals surface area contributed by atoms with Crippen molar-refractivity contribution < 1.29 is 14.9 Å². The van der Waals surface area contributed by atoms with Crippen molar-refractivity contribution in [3.05, 3.63) is 35.4 Å². The minimum absolute atomic E-state index is 0.185. The van der Waals surface area contributed by atoms with Crippen molar-refractivity contribution in [2.24, 2.45) is 5.92 Å². The molecule has 1 saturated heterocycles. The van der Waals surface area contributed by atoms with Gasteiger partial charge in [0.25, 0.3) is 0 Å². The molecule has 1 spiro atoms. The Balaban J connectivity index is 1.87. The van der Waals surface area contributed by atoms with Crippen LogP contribution in [0, 0.1) is 5.92 Å². The Morgan fingerprint density at radius 1 is 1.35 bits per heavy atom. The van der Waals surface area contributed by atoms with Crippen molar-refractivity contribution >= 4 is 0 Å². The van der Waals surface area contributed by atoms with E-state index in [0.29, 0.717) is 17.7 Å². The van der Waals surface area contributed by atoms with Gasteiger partial charge in [0.1, 0.15) is 12.2 Å². The van der Waals surface area contributed by atoms with Crippen LogP contribution in [0.1, 0.15) is 11.1 Å². The van der Waals surface area contributed by atoms with E-state index in [1.54, 1.807) is 6.07 Å². The van der Waals surface area contributed by atoms with Crippen LogP contribution in [0.25, 0.3) is 0 Å². The van der Waals surface area contributed by atoms with E-state index in [2.05, 4.69) is 18.0 Å². The van der Waals surface area contributed by atoms with Crippen LogP contribution >= 0.6 is 0 Å². The van der Waals surface area contributed by atoms with Crippen LogP contribution < -0.4 is 4.74 Å². The highest BCUT2D eigenvalue weighted by molar-refractivity contribution is 5.62. The number of likely N-dealkylation sites (tertiary alicyclic amines) is 1. The summed E-state index contributed by atoms with van der Waals surface area (Å²) >= 11 is 0. The number of hydrogen-bond acceptors (Lipinski definition) is 4. The fourth-order valence-corrected chi connectivity index (χ4v) is 5.08. The second-order valence-electron chi connectivity index (χ2n) is 6.61. The van der Waals surface area contributed by atoms with Crippen LogP contribution in [0.4, 0.5) is 0 Å². The maximum Gasteiger partial charge on any atom is 0.165 e. The number of aliphatic hydroxyl groups excluding tert-OH is 1. The molecule has 0 aromatic heterocycles. The third kappa shape index (κ3) is 0.980. The van der Waals surface area contributed by atoms with E-state index in [1.807, 2.05) is 12.1 Å². The SMILES string of the molecule is CN1C[C@]23c4c5ccc(O)c4OC2[C@@H](O)C=C[C@H]3[C@H]1C5. The molecule has 2 aliphatic carbocycles. The highest BCUT2D eigenvalue weighted by Gasteiger charge is 2.66. The smallest absolute Gasteiger partial charge is 0.165 e. The first-order chi connectivity index (χ1) is 9.63. The van der Waals surface area contributed by atoms with Gasteiger partial charge in [-0.3, -0.25) is 0 Å². The third-order valence-corrected chi connectivity index (χ3v) is 5.78. The molecule has 0 saturated carbocycles. The summed E-state index contributed by atoms with van der Waals surface area (Å²) < 4.78 is 6.04. The van der Waals surface area contributed by atoms with E-state index < -0.39 is 6.10 Å². The van der Waals surface area contributed by atoms with E-state index in [0.717, 1.165) is 18.5 Å². The first kappa shape index (κ1) is 11.2. The monoisotopic (exact) mass is 271 g/mol. The summed E-state index contributed by atoms with van der Waals surface area (Å²) in [6.07, 6.45) is 4.15. The Bertz CT molecular complexity index is 655. The topological polar surface area (TPSA) is 52.9 Å². The molecule has 1 aromatic carbocycles. The summed E-state index contributed by atoms with van der Waals surface area (Å²) in [5.74, 6) is 1.18. The lowest BCUT2D eigenvalue weighted by atomic mass is 9.59. The largest absolute Gasteiger partial charge is 0.504 e. The number of phenolic OH excluding ortho intramolecular Hbond substituents is 1. The van der Waals surface area contributed by atoms with Crippen LogP contribution in [0.5, 0.6) is 11.5 Å². The number of phenols is 1. The molecule has 1 fully saturated rings. The molecule has 4 aliphatic rings. The minimum atomic E-state index is -0.601. The van der Waals surface area contributed by atoms with Crippen molar-refractivity contribution in [3.63, 3.8) is 0 Å². The van der Waals surface area contributed by atoms with Crippen LogP contribution in [0.3, 0.4) is 0 Å². The summed E-state index contributed by atoms with van der Waals surface area (Å²) in [5.41, 5.74) is 2.24. The number of likely N-dealkylation sites (N-methyl/N-ethyl adjacent to an activating group) is 1. The summed E-state index contributed by atoms with van der Waals surface area (Å²) in [7, 11) is 2.15. The Morgan fingerprint density at radius 2 is 2.20 bits per heavy atom. The molecule has 5 rings (SSSR count). The van der Waals surface area contributed by atoms with Crippen LogP contribution in [-0.2, 0) is 11.8 Å². The number of hydrogen-bond donors (Lipinski definition) is 2. The molecule has 0 amide bonds. The minimum Gasteiger partial charge on any atom is -0.504 e. The fraction of sp³-hybridized carbons (Fsp3) is 0.500. The molecule has 4 nitrogen and oxygen atoms in total. The average Bonchev–Trinajstić information content (AvgIpc) is 2.87. The van der Waals surface area contributed by atoms with Crippen molar-refractivity contribution in [2.75, 3.05) is 13.6 Å². The van der Waals surface area contributed by atoms with E-state index >= 15 is 0 Å². The Kier molecular flexibility index (Phi) is 1.79. The molecule has 2 N–H and O–H groups in total. The molecular weight excluding hydrogens is 254 g/mol. The zero-order valence-electron chi connectivity index (χ0n) is 11.3. The van der Waals surface area contributed by atoms with Gasteiger partial charge in [-0.2, -0.15) is 0 Å². The zero-order chi connectivity index (χ0) is 13.6. The molecular formula is C16H17NO3. The summed E-state index contributed by atoms with van der Waals surface area (Å²) in [4.78, 5) is 2.38. The van der Waals surface area contributed by atoms with Crippen molar-refractivity contribution in [3.8, 4) is 11.5 Å². The van der Waals surface area contributed by atoms with Gasteiger partial charge in [-0.05, 0) is 25.1 Å². The maximum absolute atomic E-state index is 10.4. The normalized spacial score (nSPS) is 43.5. The van der Waals surface area contributed by atoms with Gasteiger partial charge in [0.05, 0.1) is 5.41 Å². The Morgan fingerprint density at radius 3 is 3.05 bits per heavy atom. The molecule has 5 atom stereocenters. The molecule has 4 heteroatoms. The number of rotatable bonds is 0. The van der Waals surface area contributed by atoms with Crippen molar-refractivity contribution in [2.45, 2.75) is 30.1 Å². The Hall–Kier alpha value is -1.52. The van der Waals surface area contributed by atoms with Gasteiger partial charge >= 0.3 is 0 Å². The van der Waals surface area contributed by atoms with E-state index in [-0.39, 0.29) is 17.3 Å². The second kappa shape index (κ2) is 3.21. The summed E-state index contributed by atoms with van der Waals surface area (Å²) in [6.45, 7) is 0.887. The number of benzene rings is 1. The summed E-state index contributed by atoms with van der Waals surface area (Å²) in [6, 6.07) is 4.21. The highest BCUT2D eigenvalue weighted by atomic mass is 16.5. The first-order valence-electron chi connectivity index (χ1n) is 7.21. The fourth-order valence-electron chi connectivity index (χ4n) is 5.08. The molecule has 104 valence electrons. The summed E-state index contributed by atoms with van der Waals surface area (Å²) in [5, 5.41) is 20.5. The lowest BCUT2D eigenvalue weighted by Crippen LogP contribution is -2.54. The number of ether oxygens (including phenoxy) is 1. The predicted molar refractivity (Wildman–Crippen MR) is 73.0 cm³/mol. The number of aliphatic hydroxyl groups is 1. The third-order valence-electron chi connectivity index (χ3n) is 5.78. The molecule has 2 bridgehead atoms. The molecule has 1 aromatic rings. The Labute approximate surface area is 117 Å². The lowest BCUT2D eigenvalue weighted by molar-refractivity contribution is 0.0160. The molecule has 2 aliphatic heterocycles. The average molecular weight is 271 g/mol. The van der Waals surface area contributed by atoms with Crippen LogP contribution in [0.15, 0.2) is 24.3 Å². The molecule has 2 heterocycles. The van der Waals surface area contributed by atoms with Crippen LogP contribution in [-0.4, -0.2) is 47.0 Å². The van der Waals surface area contributed by atoms with E-state index in [1.165, 1.54) is 5.56 Å². The number of nitrogens with zero attached hydrogens (tertiary/aromatic N) is 1. The van der Waals surface area contributed by atoms with Gasteiger partial charge in [0.2, 0.25) is 0 Å². The van der Waals surface area contributed by atoms with Crippen molar-refractivity contribution in [1.82, 2.24) is 4.90 Å².